The molecule has 1 heterocycles. The summed E-state index contributed by atoms with van der Waals surface area (Å²) in [6.07, 6.45) is 1.33. The number of ether oxygens (including phenoxy) is 2. The van der Waals surface area contributed by atoms with Gasteiger partial charge < -0.3 is 19.0 Å². The van der Waals surface area contributed by atoms with Gasteiger partial charge in [-0.2, -0.15) is 0 Å². The number of carboxylic acid groups (broad SMARTS) is 1. The Morgan fingerprint density at radius 3 is 2.68 bits per heavy atom. The van der Waals surface area contributed by atoms with Crippen LogP contribution in [0.3, 0.4) is 0 Å². The van der Waals surface area contributed by atoms with E-state index in [1.807, 2.05) is 13.0 Å². The Balaban J connectivity index is 2.04. The van der Waals surface area contributed by atoms with E-state index in [0.29, 0.717) is 18.1 Å². The van der Waals surface area contributed by atoms with E-state index in [-0.39, 0.29) is 17.9 Å². The third-order valence-electron chi connectivity index (χ3n) is 2.46. The van der Waals surface area contributed by atoms with Gasteiger partial charge in [-0.1, -0.05) is 6.07 Å². The SMILES string of the molecule is CCOc1cccc(OCc2occc2C(=O)O)c1. The average Bonchev–Trinajstić information content (AvgIpc) is 2.86. The maximum absolute atomic E-state index is 10.9. The maximum Gasteiger partial charge on any atom is 0.339 e. The topological polar surface area (TPSA) is 68.9 Å². The number of aromatic carboxylic acids is 1. The molecule has 1 N–H and O–H groups in total. The standard InChI is InChI=1S/C14H14O5/c1-2-17-10-4-3-5-11(8-10)19-9-13-12(14(15)16)6-7-18-13/h3-8H,2,9H2,1H3,(H,15,16). The van der Waals surface area contributed by atoms with Crippen LogP contribution in [0.1, 0.15) is 23.0 Å². The number of rotatable bonds is 6. The molecule has 0 saturated heterocycles. The van der Waals surface area contributed by atoms with Crippen molar-refractivity contribution in [3.8, 4) is 11.5 Å². The Morgan fingerprint density at radius 2 is 2.00 bits per heavy atom. The van der Waals surface area contributed by atoms with Crippen LogP contribution in [0, 0.1) is 0 Å². The zero-order valence-corrected chi connectivity index (χ0v) is 10.5. The van der Waals surface area contributed by atoms with Gasteiger partial charge in [-0.3, -0.25) is 0 Å². The highest BCUT2D eigenvalue weighted by Gasteiger charge is 2.13. The molecule has 5 nitrogen and oxygen atoms in total. The third-order valence-corrected chi connectivity index (χ3v) is 2.46. The molecule has 100 valence electrons. The van der Waals surface area contributed by atoms with E-state index < -0.39 is 5.97 Å². The summed E-state index contributed by atoms with van der Waals surface area (Å²) in [5.74, 6) is 0.557. The normalized spacial score (nSPS) is 10.2. The lowest BCUT2D eigenvalue weighted by Gasteiger charge is -2.07. The summed E-state index contributed by atoms with van der Waals surface area (Å²) in [6.45, 7) is 2.53. The summed E-state index contributed by atoms with van der Waals surface area (Å²) in [5.41, 5.74) is 0.112. The minimum atomic E-state index is -1.03. The van der Waals surface area contributed by atoms with Crippen molar-refractivity contribution in [1.82, 2.24) is 0 Å². The first-order valence-corrected chi connectivity index (χ1v) is 5.86. The lowest BCUT2D eigenvalue weighted by Crippen LogP contribution is -2.02. The van der Waals surface area contributed by atoms with E-state index in [1.54, 1.807) is 18.2 Å². The van der Waals surface area contributed by atoms with Gasteiger partial charge in [0.2, 0.25) is 0 Å². The van der Waals surface area contributed by atoms with Gasteiger partial charge in [-0.05, 0) is 25.1 Å². The van der Waals surface area contributed by atoms with E-state index in [9.17, 15) is 4.79 Å². The molecule has 0 atom stereocenters. The van der Waals surface area contributed by atoms with Crippen molar-refractivity contribution in [2.24, 2.45) is 0 Å². The smallest absolute Gasteiger partial charge is 0.339 e. The van der Waals surface area contributed by atoms with E-state index in [1.165, 1.54) is 12.3 Å². The maximum atomic E-state index is 10.9. The minimum absolute atomic E-state index is 0.0597. The quantitative estimate of drug-likeness (QED) is 0.866. The summed E-state index contributed by atoms with van der Waals surface area (Å²) in [5, 5.41) is 8.93. The summed E-state index contributed by atoms with van der Waals surface area (Å²) >= 11 is 0. The molecular formula is C14H14O5. The van der Waals surface area contributed by atoms with Crippen LogP contribution >= 0.6 is 0 Å². The molecule has 0 aliphatic rings. The van der Waals surface area contributed by atoms with Gasteiger partial charge in [0.05, 0.1) is 12.9 Å². The number of hydrogen-bond acceptors (Lipinski definition) is 4. The summed E-state index contributed by atoms with van der Waals surface area (Å²) in [6, 6.07) is 8.54. The lowest BCUT2D eigenvalue weighted by molar-refractivity contribution is 0.0692. The van der Waals surface area contributed by atoms with Crippen molar-refractivity contribution < 1.29 is 23.8 Å². The first kappa shape index (κ1) is 13.0. The molecule has 1 aromatic heterocycles. The van der Waals surface area contributed by atoms with Gasteiger partial charge in [0.25, 0.3) is 0 Å². The van der Waals surface area contributed by atoms with Gasteiger partial charge in [-0.25, -0.2) is 4.79 Å². The molecule has 0 unspecified atom stereocenters. The van der Waals surface area contributed by atoms with Crippen LogP contribution in [-0.4, -0.2) is 17.7 Å². The van der Waals surface area contributed by atoms with E-state index in [0.717, 1.165) is 0 Å². The van der Waals surface area contributed by atoms with Gasteiger partial charge in [-0.15, -0.1) is 0 Å². The van der Waals surface area contributed by atoms with Crippen molar-refractivity contribution in [3.63, 3.8) is 0 Å². The Labute approximate surface area is 110 Å². The first-order chi connectivity index (χ1) is 9.20. The Morgan fingerprint density at radius 1 is 1.26 bits per heavy atom. The van der Waals surface area contributed by atoms with Crippen molar-refractivity contribution in [1.29, 1.82) is 0 Å². The number of hydrogen-bond donors (Lipinski definition) is 1. The van der Waals surface area contributed by atoms with Crippen LogP contribution in [0.25, 0.3) is 0 Å². The number of carboxylic acids is 1. The lowest BCUT2D eigenvalue weighted by atomic mass is 10.2. The molecule has 19 heavy (non-hydrogen) atoms. The Bertz CT molecular complexity index is 558. The molecule has 0 radical (unpaired) electrons. The van der Waals surface area contributed by atoms with Crippen LogP contribution in [-0.2, 0) is 6.61 Å². The molecule has 0 amide bonds. The molecule has 1 aromatic carbocycles. The number of carbonyl (C=O) groups is 1. The van der Waals surface area contributed by atoms with Crippen LogP contribution in [0.4, 0.5) is 0 Å². The highest BCUT2D eigenvalue weighted by molar-refractivity contribution is 5.88. The highest BCUT2D eigenvalue weighted by atomic mass is 16.5. The number of furan rings is 1. The summed E-state index contributed by atoms with van der Waals surface area (Å²) in [7, 11) is 0. The van der Waals surface area contributed by atoms with E-state index in [4.69, 9.17) is 19.0 Å². The van der Waals surface area contributed by atoms with E-state index in [2.05, 4.69) is 0 Å². The zero-order valence-electron chi connectivity index (χ0n) is 10.5. The molecule has 5 heteroatoms. The Kier molecular flexibility index (Phi) is 4.07. The second kappa shape index (κ2) is 5.95. The molecule has 0 aliphatic carbocycles. The summed E-state index contributed by atoms with van der Waals surface area (Å²) < 4.78 is 15.9. The van der Waals surface area contributed by atoms with E-state index >= 15 is 0 Å². The largest absolute Gasteiger partial charge is 0.494 e. The predicted octanol–water partition coefficient (Wildman–Crippen LogP) is 2.96. The van der Waals surface area contributed by atoms with Crippen molar-refractivity contribution >= 4 is 5.97 Å². The fourth-order valence-corrected chi connectivity index (χ4v) is 1.61. The van der Waals surface area contributed by atoms with Crippen LogP contribution < -0.4 is 9.47 Å². The summed E-state index contributed by atoms with van der Waals surface area (Å²) in [4.78, 5) is 10.9. The van der Waals surface area contributed by atoms with Crippen LogP contribution in [0.15, 0.2) is 41.0 Å². The Hall–Kier alpha value is -2.43. The van der Waals surface area contributed by atoms with Gasteiger partial charge in [0.1, 0.15) is 23.7 Å². The minimum Gasteiger partial charge on any atom is -0.494 e. The fraction of sp³-hybridized carbons (Fsp3) is 0.214. The predicted molar refractivity (Wildman–Crippen MR) is 67.6 cm³/mol. The van der Waals surface area contributed by atoms with Crippen molar-refractivity contribution in [2.45, 2.75) is 13.5 Å². The molecule has 0 spiro atoms. The molecule has 0 saturated carbocycles. The average molecular weight is 262 g/mol. The highest BCUT2D eigenvalue weighted by Crippen LogP contribution is 2.21. The second-order valence-corrected chi connectivity index (χ2v) is 3.76. The molecule has 2 rings (SSSR count). The molecule has 0 bridgehead atoms. The first-order valence-electron chi connectivity index (χ1n) is 5.86. The molecular weight excluding hydrogens is 248 g/mol. The van der Waals surface area contributed by atoms with Crippen LogP contribution in [0.2, 0.25) is 0 Å². The van der Waals surface area contributed by atoms with Crippen molar-refractivity contribution in [3.05, 3.63) is 47.9 Å². The van der Waals surface area contributed by atoms with Gasteiger partial charge in [0.15, 0.2) is 5.76 Å². The molecule has 0 aliphatic heterocycles. The number of benzene rings is 1. The third kappa shape index (κ3) is 3.28. The molecule has 0 fully saturated rings. The van der Waals surface area contributed by atoms with Crippen molar-refractivity contribution in [2.75, 3.05) is 6.61 Å². The second-order valence-electron chi connectivity index (χ2n) is 3.76. The van der Waals surface area contributed by atoms with Gasteiger partial charge >= 0.3 is 5.97 Å². The zero-order chi connectivity index (χ0) is 13.7. The van der Waals surface area contributed by atoms with Crippen LogP contribution in [0.5, 0.6) is 11.5 Å². The van der Waals surface area contributed by atoms with Gasteiger partial charge in [0, 0.05) is 6.07 Å². The molecule has 2 aromatic rings. The monoisotopic (exact) mass is 262 g/mol. The fourth-order valence-electron chi connectivity index (χ4n) is 1.61.